The highest BCUT2D eigenvalue weighted by Crippen LogP contribution is 2.13. The average molecular weight is 430 g/mol. The van der Waals surface area contributed by atoms with Gasteiger partial charge in [0, 0.05) is 0 Å². The fourth-order valence-electron chi connectivity index (χ4n) is 2.62. The summed E-state index contributed by atoms with van der Waals surface area (Å²) in [7, 11) is 0.778. The monoisotopic (exact) mass is 428 g/mol. The van der Waals surface area contributed by atoms with Crippen molar-refractivity contribution in [2.24, 2.45) is 0 Å². The standard InChI is InChI=1S/C18H38.ClH3Si.3ClH/c1-3-5-7-9-11-13-15-17-18-16-14-12-10-8-6-4-2;1-2;;;/h3-18H2,1-2H3;2H3;3*1H. The van der Waals surface area contributed by atoms with Gasteiger partial charge in [-0.3, -0.25) is 0 Å². The lowest BCUT2D eigenvalue weighted by molar-refractivity contribution is 0.531. The highest BCUT2D eigenvalue weighted by atomic mass is 35.6. The first-order chi connectivity index (χ1) is 9.91. The molecular formula is C18H44Cl4Si. The van der Waals surface area contributed by atoms with Crippen LogP contribution in [0.4, 0.5) is 0 Å². The van der Waals surface area contributed by atoms with Gasteiger partial charge in [0.25, 0.3) is 0 Å². The maximum atomic E-state index is 4.78. The third kappa shape index (κ3) is 39.8. The molecule has 5 heteroatoms. The molecule has 0 saturated carbocycles. The van der Waals surface area contributed by atoms with Crippen molar-refractivity contribution in [2.75, 3.05) is 0 Å². The summed E-state index contributed by atoms with van der Waals surface area (Å²) in [4.78, 5) is 0. The Labute approximate surface area is 174 Å². The van der Waals surface area contributed by atoms with E-state index in [0.29, 0.717) is 0 Å². The molecule has 0 aliphatic rings. The zero-order valence-corrected chi connectivity index (χ0v) is 21.1. The van der Waals surface area contributed by atoms with Crippen LogP contribution in [0.15, 0.2) is 0 Å². The van der Waals surface area contributed by atoms with E-state index in [1.807, 2.05) is 0 Å². The van der Waals surface area contributed by atoms with Gasteiger partial charge >= 0.3 is 0 Å². The van der Waals surface area contributed by atoms with Crippen molar-refractivity contribution < 1.29 is 0 Å². The molecule has 0 fully saturated rings. The number of unbranched alkanes of at least 4 members (excludes halogenated alkanes) is 15. The predicted octanol–water partition coefficient (Wildman–Crippen LogP) is 8.04. The smallest absolute Gasteiger partial charge is 0.109 e. The van der Waals surface area contributed by atoms with Crippen molar-refractivity contribution in [1.82, 2.24) is 0 Å². The molecule has 0 saturated heterocycles. The number of halogens is 4. The molecule has 0 amide bonds. The molecule has 0 radical (unpaired) electrons. The molecule has 0 nitrogen and oxygen atoms in total. The zero-order valence-electron chi connectivity index (χ0n) is 15.9. The normalized spacial score (nSPS) is 9.00. The van der Waals surface area contributed by atoms with Gasteiger partial charge in [0.05, 0.1) is 0 Å². The van der Waals surface area contributed by atoms with E-state index >= 15 is 0 Å². The first kappa shape index (κ1) is 35.5. The van der Waals surface area contributed by atoms with E-state index in [1.54, 1.807) is 0 Å². The molecule has 0 bridgehead atoms. The van der Waals surface area contributed by atoms with E-state index in [9.17, 15) is 0 Å². The summed E-state index contributed by atoms with van der Waals surface area (Å²) in [6.07, 6.45) is 23.4. The van der Waals surface area contributed by atoms with Crippen molar-refractivity contribution in [3.05, 3.63) is 0 Å². The fourth-order valence-corrected chi connectivity index (χ4v) is 2.62. The molecule has 0 aromatic heterocycles. The Morgan fingerprint density at radius 3 is 0.652 bits per heavy atom. The van der Waals surface area contributed by atoms with Gasteiger partial charge in [0.1, 0.15) is 9.55 Å². The van der Waals surface area contributed by atoms with Crippen molar-refractivity contribution in [2.45, 2.75) is 117 Å². The summed E-state index contributed by atoms with van der Waals surface area (Å²) in [5.41, 5.74) is 0. The lowest BCUT2D eigenvalue weighted by Crippen LogP contribution is -1.83. The van der Waals surface area contributed by atoms with E-state index in [-0.39, 0.29) is 37.2 Å². The maximum absolute atomic E-state index is 4.78. The van der Waals surface area contributed by atoms with Crippen LogP contribution >= 0.6 is 48.3 Å². The Hall–Kier alpha value is 1.38. The third-order valence-corrected chi connectivity index (χ3v) is 3.96. The molecule has 0 aliphatic carbocycles. The van der Waals surface area contributed by atoms with Gasteiger partial charge in [-0.05, 0) is 0 Å². The maximum Gasteiger partial charge on any atom is 0.109 e. The molecule has 0 unspecified atom stereocenters. The van der Waals surface area contributed by atoms with Crippen LogP contribution in [0.5, 0.6) is 0 Å². The minimum absolute atomic E-state index is 0. The van der Waals surface area contributed by atoms with Crippen LogP contribution in [0.25, 0.3) is 0 Å². The van der Waals surface area contributed by atoms with Gasteiger partial charge in [-0.25, -0.2) is 0 Å². The summed E-state index contributed by atoms with van der Waals surface area (Å²) in [5, 5.41) is 0. The quantitative estimate of drug-likeness (QED) is 0.140. The van der Waals surface area contributed by atoms with Crippen LogP contribution in [-0.4, -0.2) is 9.55 Å². The number of hydrogen-bond donors (Lipinski definition) is 0. The summed E-state index contributed by atoms with van der Waals surface area (Å²) in [6, 6.07) is 0. The van der Waals surface area contributed by atoms with Gasteiger partial charge in [0.15, 0.2) is 0 Å². The molecule has 0 rings (SSSR count). The van der Waals surface area contributed by atoms with E-state index in [1.165, 1.54) is 103 Å². The van der Waals surface area contributed by atoms with Crippen molar-refractivity contribution in [3.8, 4) is 0 Å². The van der Waals surface area contributed by atoms with Crippen LogP contribution in [0.1, 0.15) is 117 Å². The fraction of sp³-hybridized carbons (Fsp3) is 1.00. The van der Waals surface area contributed by atoms with Crippen LogP contribution in [0, 0.1) is 0 Å². The highest BCUT2D eigenvalue weighted by Gasteiger charge is 1.93. The second-order valence-corrected chi connectivity index (χ2v) is 5.95. The molecule has 148 valence electrons. The van der Waals surface area contributed by atoms with Crippen molar-refractivity contribution >= 4 is 57.9 Å². The molecule has 0 heterocycles. The van der Waals surface area contributed by atoms with Gasteiger partial charge < -0.3 is 0 Å². The van der Waals surface area contributed by atoms with E-state index < -0.39 is 0 Å². The largest absolute Gasteiger partial charge is 0.181 e. The average Bonchev–Trinajstić information content (AvgIpc) is 2.50. The lowest BCUT2D eigenvalue weighted by atomic mass is 10.0. The van der Waals surface area contributed by atoms with E-state index in [0.717, 1.165) is 9.55 Å². The van der Waals surface area contributed by atoms with Crippen LogP contribution in [0.2, 0.25) is 0 Å². The van der Waals surface area contributed by atoms with Crippen LogP contribution in [0.3, 0.4) is 0 Å². The van der Waals surface area contributed by atoms with Gasteiger partial charge in [-0.15, -0.1) is 37.2 Å². The minimum atomic E-state index is 0. The summed E-state index contributed by atoms with van der Waals surface area (Å²) >= 11 is 4.78. The zero-order chi connectivity index (χ0) is 15.3. The summed E-state index contributed by atoms with van der Waals surface area (Å²) in [5.74, 6) is 0. The Kier molecular flexibility index (Phi) is 59.8. The Morgan fingerprint density at radius 1 is 0.391 bits per heavy atom. The third-order valence-electron chi connectivity index (χ3n) is 3.96. The van der Waals surface area contributed by atoms with Gasteiger partial charge in [-0.1, -0.05) is 117 Å². The summed E-state index contributed by atoms with van der Waals surface area (Å²) < 4.78 is 0. The Bertz CT molecular complexity index is 133. The first-order valence-electron chi connectivity index (χ1n) is 9.29. The lowest BCUT2D eigenvalue weighted by Gasteiger charge is -2.03. The van der Waals surface area contributed by atoms with Crippen molar-refractivity contribution in [1.29, 1.82) is 0 Å². The molecule has 0 aliphatic heterocycles. The molecule has 0 aromatic rings. The first-order valence-corrected chi connectivity index (χ1v) is 12.3. The molecule has 0 spiro atoms. The van der Waals surface area contributed by atoms with Gasteiger partial charge in [-0.2, -0.15) is 11.1 Å². The number of hydrogen-bond acceptors (Lipinski definition) is 0. The Balaban J connectivity index is -0.000000207. The minimum Gasteiger partial charge on any atom is -0.181 e. The van der Waals surface area contributed by atoms with E-state index in [4.69, 9.17) is 11.1 Å². The predicted molar refractivity (Wildman–Crippen MR) is 123 cm³/mol. The molecular weight excluding hydrogens is 386 g/mol. The summed E-state index contributed by atoms with van der Waals surface area (Å²) in [6.45, 7) is 4.59. The van der Waals surface area contributed by atoms with Gasteiger partial charge in [0.2, 0.25) is 0 Å². The molecule has 0 N–H and O–H groups in total. The van der Waals surface area contributed by atoms with Crippen molar-refractivity contribution in [3.63, 3.8) is 0 Å². The number of rotatable bonds is 15. The van der Waals surface area contributed by atoms with Crippen LogP contribution < -0.4 is 0 Å². The van der Waals surface area contributed by atoms with Crippen LogP contribution in [-0.2, 0) is 0 Å². The highest BCUT2D eigenvalue weighted by molar-refractivity contribution is 6.80. The molecule has 0 aromatic carbocycles. The topological polar surface area (TPSA) is 0 Å². The second kappa shape index (κ2) is 38.8. The molecule has 23 heavy (non-hydrogen) atoms. The second-order valence-electron chi connectivity index (χ2n) is 5.95. The Morgan fingerprint density at radius 2 is 0.522 bits per heavy atom. The van der Waals surface area contributed by atoms with E-state index in [2.05, 4.69) is 13.8 Å². The molecule has 0 atom stereocenters. The SMILES string of the molecule is CCCCCCCCCCCCCCCCCC.Cl.Cl.Cl.[SiH3]Cl.